The van der Waals surface area contributed by atoms with E-state index in [1.54, 1.807) is 29.1 Å². The van der Waals surface area contributed by atoms with Gasteiger partial charge in [0.15, 0.2) is 5.82 Å². The summed E-state index contributed by atoms with van der Waals surface area (Å²) in [5.74, 6) is 0.827. The second-order valence-electron chi connectivity index (χ2n) is 11.4. The highest BCUT2D eigenvalue weighted by molar-refractivity contribution is 7.14. The number of nitrogens with one attached hydrogen (secondary N) is 2. The van der Waals surface area contributed by atoms with Gasteiger partial charge in [-0.2, -0.15) is 0 Å². The van der Waals surface area contributed by atoms with Crippen LogP contribution in [-0.4, -0.2) is 46.7 Å². The van der Waals surface area contributed by atoms with Gasteiger partial charge in [-0.15, -0.1) is 11.3 Å². The van der Waals surface area contributed by atoms with E-state index in [9.17, 15) is 9.59 Å². The molecule has 1 saturated heterocycles. The first-order chi connectivity index (χ1) is 20.3. The summed E-state index contributed by atoms with van der Waals surface area (Å²) in [5.41, 5.74) is 6.25. The molecule has 1 amide bonds. The minimum absolute atomic E-state index is 0.0878. The summed E-state index contributed by atoms with van der Waals surface area (Å²) in [4.78, 5) is 35.4. The Morgan fingerprint density at radius 1 is 1.14 bits per heavy atom. The summed E-state index contributed by atoms with van der Waals surface area (Å²) in [5, 5.41) is 6.34. The van der Waals surface area contributed by atoms with Gasteiger partial charge in [0.05, 0.1) is 23.8 Å². The molecule has 1 atom stereocenters. The highest BCUT2D eigenvalue weighted by Crippen LogP contribution is 2.33. The first kappa shape index (κ1) is 28.3. The highest BCUT2D eigenvalue weighted by atomic mass is 32.1. The monoisotopic (exact) mass is 583 g/mol. The number of anilines is 3. The van der Waals surface area contributed by atoms with E-state index in [0.29, 0.717) is 11.6 Å². The third-order valence-corrected chi connectivity index (χ3v) is 9.44. The van der Waals surface area contributed by atoms with Gasteiger partial charge in [-0.3, -0.25) is 14.5 Å². The Bertz CT molecular complexity index is 1650. The van der Waals surface area contributed by atoms with E-state index in [2.05, 4.69) is 40.7 Å². The number of carbonyl (C=O) groups is 1. The van der Waals surface area contributed by atoms with Crippen molar-refractivity contribution in [3.8, 4) is 11.3 Å². The predicted octanol–water partition coefficient (Wildman–Crippen LogP) is 5.77. The Labute approximate surface area is 250 Å². The van der Waals surface area contributed by atoms with Crippen LogP contribution in [0.15, 0.2) is 59.5 Å². The van der Waals surface area contributed by atoms with Gasteiger partial charge in [-0.05, 0) is 73.1 Å². The van der Waals surface area contributed by atoms with Gasteiger partial charge in [0.25, 0.3) is 11.5 Å². The summed E-state index contributed by atoms with van der Waals surface area (Å²) in [6.45, 7) is 8.54. The molecule has 0 saturated carbocycles. The average Bonchev–Trinajstić information content (AvgIpc) is 3.41. The van der Waals surface area contributed by atoms with Crippen molar-refractivity contribution in [1.82, 2.24) is 14.5 Å². The second-order valence-corrected chi connectivity index (χ2v) is 12.6. The molecule has 2 aromatic heterocycles. The molecule has 1 unspecified atom stereocenters. The van der Waals surface area contributed by atoms with E-state index >= 15 is 0 Å². The number of carbonyl (C=O) groups excluding carboxylic acids is 1. The zero-order chi connectivity index (χ0) is 29.2. The molecule has 9 heteroatoms. The minimum Gasteiger partial charge on any atom is -0.379 e. The third kappa shape index (κ3) is 6.18. The molecule has 3 heterocycles. The lowest BCUT2D eigenvalue weighted by molar-refractivity contribution is 0.0342. The number of rotatable bonds is 7. The van der Waals surface area contributed by atoms with Crippen LogP contribution in [0.3, 0.4) is 0 Å². The highest BCUT2D eigenvalue weighted by Gasteiger charge is 2.21. The fraction of sp³-hybridized carbons (Fsp3) is 0.364. The lowest BCUT2D eigenvalue weighted by Gasteiger charge is -2.26. The summed E-state index contributed by atoms with van der Waals surface area (Å²) >= 11 is 1.61. The molecule has 2 aromatic carbocycles. The zero-order valence-electron chi connectivity index (χ0n) is 24.4. The summed E-state index contributed by atoms with van der Waals surface area (Å²) in [6.07, 6.45) is 5.01. The van der Waals surface area contributed by atoms with Crippen LogP contribution in [0.25, 0.3) is 11.3 Å². The van der Waals surface area contributed by atoms with E-state index < -0.39 is 0 Å². The van der Waals surface area contributed by atoms with Crippen molar-refractivity contribution < 1.29 is 9.53 Å². The molecular formula is C33H37N5O3S. The van der Waals surface area contributed by atoms with E-state index in [4.69, 9.17) is 9.72 Å². The van der Waals surface area contributed by atoms with Gasteiger partial charge >= 0.3 is 0 Å². The SMILES string of the molecule is Cc1c(NC(=O)c2cc3c(s2)CCC(C)C3)cccc1-c1cn(C)c(=O)c(Nc2ccc(CN3CCOCC3)cc2)n1. The van der Waals surface area contributed by atoms with E-state index in [0.717, 1.165) is 73.1 Å². The van der Waals surface area contributed by atoms with Crippen LogP contribution < -0.4 is 16.2 Å². The molecule has 8 nitrogen and oxygen atoms in total. The maximum Gasteiger partial charge on any atom is 0.293 e. The number of thiophene rings is 1. The van der Waals surface area contributed by atoms with Crippen LogP contribution in [-0.2, 0) is 31.2 Å². The van der Waals surface area contributed by atoms with E-state index in [1.165, 1.54) is 22.4 Å². The molecule has 42 heavy (non-hydrogen) atoms. The molecule has 0 radical (unpaired) electrons. The number of morpholine rings is 1. The van der Waals surface area contributed by atoms with Crippen molar-refractivity contribution in [2.45, 2.75) is 39.7 Å². The number of hydrogen-bond acceptors (Lipinski definition) is 7. The molecular weight excluding hydrogens is 546 g/mol. The van der Waals surface area contributed by atoms with Crippen LogP contribution >= 0.6 is 11.3 Å². The number of aryl methyl sites for hydroxylation is 2. The van der Waals surface area contributed by atoms with Crippen molar-refractivity contribution in [3.05, 3.63) is 91.5 Å². The van der Waals surface area contributed by atoms with Gasteiger partial charge in [0.2, 0.25) is 0 Å². The Morgan fingerprint density at radius 2 is 1.93 bits per heavy atom. The smallest absolute Gasteiger partial charge is 0.293 e. The Morgan fingerprint density at radius 3 is 2.71 bits per heavy atom. The van der Waals surface area contributed by atoms with Crippen LogP contribution in [0.2, 0.25) is 0 Å². The Hall–Kier alpha value is -3.79. The minimum atomic E-state index is -0.214. The topological polar surface area (TPSA) is 88.5 Å². The number of benzene rings is 2. The Kier molecular flexibility index (Phi) is 8.24. The molecule has 0 spiro atoms. The number of ether oxygens (including phenoxy) is 1. The lowest BCUT2D eigenvalue weighted by atomic mass is 9.90. The molecule has 2 aliphatic rings. The fourth-order valence-corrected chi connectivity index (χ4v) is 6.82. The molecule has 1 aliphatic carbocycles. The van der Waals surface area contributed by atoms with Gasteiger partial charge in [-0.1, -0.05) is 31.2 Å². The van der Waals surface area contributed by atoms with E-state index in [-0.39, 0.29) is 17.3 Å². The van der Waals surface area contributed by atoms with Crippen LogP contribution in [0.4, 0.5) is 17.2 Å². The van der Waals surface area contributed by atoms with Crippen molar-refractivity contribution in [3.63, 3.8) is 0 Å². The quantitative estimate of drug-likeness (QED) is 0.287. The molecule has 2 N–H and O–H groups in total. The van der Waals surface area contributed by atoms with Crippen LogP contribution in [0.5, 0.6) is 0 Å². The molecule has 6 rings (SSSR count). The first-order valence-corrected chi connectivity index (χ1v) is 15.4. The fourth-order valence-electron chi connectivity index (χ4n) is 5.72. The van der Waals surface area contributed by atoms with Crippen molar-refractivity contribution in [2.75, 3.05) is 36.9 Å². The number of nitrogens with zero attached hydrogens (tertiary/aromatic N) is 3. The first-order valence-electron chi connectivity index (χ1n) is 14.6. The van der Waals surface area contributed by atoms with Crippen molar-refractivity contribution in [2.24, 2.45) is 13.0 Å². The number of hydrogen-bond donors (Lipinski definition) is 2. The normalized spacial score (nSPS) is 17.1. The molecule has 218 valence electrons. The maximum atomic E-state index is 13.2. The molecule has 4 aromatic rings. The number of amides is 1. The standard InChI is InChI=1S/C33H37N5O3S/c1-21-7-12-29-24(17-21)18-30(42-29)32(39)36-27-6-4-5-26(22(27)2)28-20-37(3)33(40)31(35-28)34-25-10-8-23(9-11-25)19-38-13-15-41-16-14-38/h4-6,8-11,18,20-21H,7,12-17,19H2,1-3H3,(H,34,35)(H,36,39). The Balaban J connectivity index is 1.20. The number of aromatic nitrogens is 2. The largest absolute Gasteiger partial charge is 0.379 e. The average molecular weight is 584 g/mol. The summed E-state index contributed by atoms with van der Waals surface area (Å²) < 4.78 is 6.98. The van der Waals surface area contributed by atoms with Gasteiger partial charge in [0.1, 0.15) is 0 Å². The maximum absolute atomic E-state index is 13.2. The van der Waals surface area contributed by atoms with Gasteiger partial charge in [0, 0.05) is 54.7 Å². The molecule has 1 aliphatic heterocycles. The molecule has 1 fully saturated rings. The second kappa shape index (κ2) is 12.2. The van der Waals surface area contributed by atoms with E-state index in [1.807, 2.05) is 37.3 Å². The van der Waals surface area contributed by atoms with Crippen molar-refractivity contribution >= 4 is 34.4 Å². The third-order valence-electron chi connectivity index (χ3n) is 8.21. The van der Waals surface area contributed by atoms with Crippen LogP contribution in [0, 0.1) is 12.8 Å². The summed E-state index contributed by atoms with van der Waals surface area (Å²) in [7, 11) is 1.73. The van der Waals surface area contributed by atoms with Crippen LogP contribution in [0.1, 0.15) is 44.6 Å². The zero-order valence-corrected chi connectivity index (χ0v) is 25.2. The predicted molar refractivity (Wildman–Crippen MR) is 169 cm³/mol. The van der Waals surface area contributed by atoms with Gasteiger partial charge < -0.3 is 19.9 Å². The lowest BCUT2D eigenvalue weighted by Crippen LogP contribution is -2.35. The summed E-state index contributed by atoms with van der Waals surface area (Å²) in [6, 6.07) is 16.0. The molecule has 0 bridgehead atoms. The number of fused-ring (bicyclic) bond motifs is 1. The van der Waals surface area contributed by atoms with Crippen molar-refractivity contribution in [1.29, 1.82) is 0 Å². The van der Waals surface area contributed by atoms with Gasteiger partial charge in [-0.25, -0.2) is 4.98 Å².